The second-order valence-electron chi connectivity index (χ2n) is 11.6. The molecule has 3 aliphatic rings. The molecule has 146 valence electrons. The summed E-state index contributed by atoms with van der Waals surface area (Å²) in [6, 6.07) is 0.666. The Balaban J connectivity index is 1.88. The molecule has 0 radical (unpaired) electrons. The van der Waals surface area contributed by atoms with Gasteiger partial charge in [-0.1, -0.05) is 53.1 Å². The van der Waals surface area contributed by atoms with Gasteiger partial charge in [0.2, 0.25) is 0 Å². The maximum atomic E-state index is 2.98. The molecule has 0 N–H and O–H groups in total. The molecule has 0 aliphatic heterocycles. The molecule has 6 atom stereocenters. The van der Waals surface area contributed by atoms with Gasteiger partial charge in [-0.05, 0) is 87.6 Å². The summed E-state index contributed by atoms with van der Waals surface area (Å²) in [6.45, 7) is 20.3. The van der Waals surface area contributed by atoms with Gasteiger partial charge >= 0.3 is 0 Å². The maximum absolute atomic E-state index is 2.98. The van der Waals surface area contributed by atoms with E-state index in [0.717, 1.165) is 35.1 Å². The molecule has 3 fully saturated rings. The number of fused-ring (bicyclic) bond motifs is 3. The highest BCUT2D eigenvalue weighted by Crippen LogP contribution is 2.61. The molecular formula is C23H45NSi. The normalized spacial score (nSPS) is 39.6. The minimum absolute atomic E-state index is 0.295. The summed E-state index contributed by atoms with van der Waals surface area (Å²) >= 11 is 0. The number of nitrogens with zero attached hydrogens (tertiary/aromatic N) is 1. The van der Waals surface area contributed by atoms with Crippen molar-refractivity contribution in [2.24, 2.45) is 29.6 Å². The Morgan fingerprint density at radius 3 is 2.12 bits per heavy atom. The molecular weight excluding hydrogens is 318 g/mol. The Morgan fingerprint density at radius 1 is 0.880 bits per heavy atom. The molecule has 3 saturated carbocycles. The van der Waals surface area contributed by atoms with Gasteiger partial charge in [0.05, 0.1) is 0 Å². The summed E-state index contributed by atoms with van der Waals surface area (Å²) in [5.74, 6) is 5.24. The lowest BCUT2D eigenvalue weighted by Gasteiger charge is -2.55. The molecule has 6 unspecified atom stereocenters. The van der Waals surface area contributed by atoms with E-state index in [1.165, 1.54) is 12.8 Å². The van der Waals surface area contributed by atoms with E-state index in [-0.39, 0.29) is 0 Å². The zero-order chi connectivity index (χ0) is 18.6. The molecule has 0 amide bonds. The second kappa shape index (κ2) is 6.97. The van der Waals surface area contributed by atoms with Crippen LogP contribution < -0.4 is 0 Å². The van der Waals surface area contributed by atoms with Crippen LogP contribution in [0.4, 0.5) is 0 Å². The minimum atomic E-state index is -1.49. The molecule has 3 rings (SSSR count). The van der Waals surface area contributed by atoms with Crippen molar-refractivity contribution in [2.45, 2.75) is 117 Å². The van der Waals surface area contributed by atoms with Gasteiger partial charge in [0, 0.05) is 5.54 Å². The van der Waals surface area contributed by atoms with Gasteiger partial charge in [-0.25, -0.2) is 0 Å². The first-order valence-corrected chi connectivity index (χ1v) is 14.4. The Kier molecular flexibility index (Phi) is 5.55. The molecule has 3 aliphatic carbocycles. The third-order valence-electron chi connectivity index (χ3n) is 8.33. The highest BCUT2D eigenvalue weighted by molar-refractivity contribution is 6.76. The summed E-state index contributed by atoms with van der Waals surface area (Å²) < 4.78 is 2.98. The molecule has 2 heteroatoms. The molecule has 25 heavy (non-hydrogen) atoms. The predicted molar refractivity (Wildman–Crippen MR) is 113 cm³/mol. The van der Waals surface area contributed by atoms with Crippen molar-refractivity contribution in [2.75, 3.05) is 0 Å². The van der Waals surface area contributed by atoms with E-state index in [4.69, 9.17) is 0 Å². The van der Waals surface area contributed by atoms with Crippen LogP contribution in [0.2, 0.25) is 18.6 Å². The van der Waals surface area contributed by atoms with E-state index in [2.05, 4.69) is 59.2 Å². The van der Waals surface area contributed by atoms with Gasteiger partial charge < -0.3 is 4.57 Å². The van der Waals surface area contributed by atoms with Crippen LogP contribution in [0, 0.1) is 29.6 Å². The van der Waals surface area contributed by atoms with E-state index in [1.54, 1.807) is 32.1 Å². The van der Waals surface area contributed by atoms with Crippen LogP contribution >= 0.6 is 0 Å². The monoisotopic (exact) mass is 363 g/mol. The topological polar surface area (TPSA) is 3.24 Å². The lowest BCUT2D eigenvalue weighted by molar-refractivity contribution is 0.0703. The standard InChI is InChI=1S/C23H45NSi/c1-16(2)24(23(4,5)6)25(7,8)22-17(3)15-21-19-12-10-9-11-18(19)13-14-20(21)22/h16-22H,9-15H2,1-8H3. The summed E-state index contributed by atoms with van der Waals surface area (Å²) in [5, 5.41) is 0. The Morgan fingerprint density at radius 2 is 1.52 bits per heavy atom. The molecule has 1 nitrogen and oxygen atoms in total. The van der Waals surface area contributed by atoms with Crippen molar-refractivity contribution < 1.29 is 0 Å². The highest BCUT2D eigenvalue weighted by atomic mass is 28.3. The van der Waals surface area contributed by atoms with Crippen molar-refractivity contribution in [3.05, 3.63) is 0 Å². The minimum Gasteiger partial charge on any atom is -0.317 e. The lowest BCUT2D eigenvalue weighted by atomic mass is 9.62. The Labute approximate surface area is 159 Å². The van der Waals surface area contributed by atoms with Crippen LogP contribution in [-0.4, -0.2) is 24.4 Å². The van der Waals surface area contributed by atoms with Gasteiger partial charge in [-0.3, -0.25) is 0 Å². The van der Waals surface area contributed by atoms with Crippen LogP contribution in [0.15, 0.2) is 0 Å². The van der Waals surface area contributed by atoms with E-state index in [1.807, 2.05) is 0 Å². The van der Waals surface area contributed by atoms with Gasteiger partial charge in [-0.15, -0.1) is 0 Å². The lowest BCUT2D eigenvalue weighted by Crippen LogP contribution is -2.64. The second-order valence-corrected chi connectivity index (χ2v) is 16.1. The molecule has 0 bridgehead atoms. The zero-order valence-electron chi connectivity index (χ0n) is 18.4. The molecule has 0 aromatic heterocycles. The third kappa shape index (κ3) is 3.51. The van der Waals surface area contributed by atoms with Gasteiger partial charge in [-0.2, -0.15) is 0 Å². The highest BCUT2D eigenvalue weighted by Gasteiger charge is 2.57. The van der Waals surface area contributed by atoms with E-state index < -0.39 is 8.24 Å². The van der Waals surface area contributed by atoms with Crippen molar-refractivity contribution in [1.82, 2.24) is 4.57 Å². The Bertz CT molecular complexity index is 463. The van der Waals surface area contributed by atoms with Crippen LogP contribution in [-0.2, 0) is 0 Å². The first-order chi connectivity index (χ1) is 11.5. The third-order valence-corrected chi connectivity index (χ3v) is 13.4. The first-order valence-electron chi connectivity index (χ1n) is 11.3. The average molecular weight is 364 g/mol. The molecule has 0 saturated heterocycles. The fourth-order valence-electron chi connectivity index (χ4n) is 8.58. The first kappa shape index (κ1) is 19.9. The fourth-order valence-corrected chi connectivity index (χ4v) is 14.9. The fraction of sp³-hybridized carbons (Fsp3) is 1.00. The molecule has 0 aromatic carbocycles. The summed E-state index contributed by atoms with van der Waals surface area (Å²) in [5.41, 5.74) is 1.30. The number of rotatable bonds is 3. The smallest absolute Gasteiger partial charge is 0.126 e. The van der Waals surface area contributed by atoms with Crippen LogP contribution in [0.3, 0.4) is 0 Å². The van der Waals surface area contributed by atoms with E-state index in [9.17, 15) is 0 Å². The molecule has 0 spiro atoms. The quantitative estimate of drug-likeness (QED) is 0.491. The summed E-state index contributed by atoms with van der Waals surface area (Å²) in [6.07, 6.45) is 10.8. The molecule has 0 heterocycles. The van der Waals surface area contributed by atoms with Crippen molar-refractivity contribution >= 4 is 8.24 Å². The van der Waals surface area contributed by atoms with Crippen LogP contribution in [0.5, 0.6) is 0 Å². The predicted octanol–water partition coefficient (Wildman–Crippen LogP) is 6.94. The Hall–Kier alpha value is 0.177. The van der Waals surface area contributed by atoms with Gasteiger partial charge in [0.25, 0.3) is 0 Å². The maximum Gasteiger partial charge on any atom is 0.126 e. The van der Waals surface area contributed by atoms with E-state index >= 15 is 0 Å². The summed E-state index contributed by atoms with van der Waals surface area (Å²) in [7, 11) is -1.49. The molecule has 0 aromatic rings. The van der Waals surface area contributed by atoms with Crippen molar-refractivity contribution in [3.8, 4) is 0 Å². The average Bonchev–Trinajstić information content (AvgIpc) is 2.81. The van der Waals surface area contributed by atoms with E-state index in [0.29, 0.717) is 11.6 Å². The zero-order valence-corrected chi connectivity index (χ0v) is 19.4. The van der Waals surface area contributed by atoms with Crippen molar-refractivity contribution in [1.29, 1.82) is 0 Å². The SMILES string of the molecule is CC1CC2C3CCCCC3CCC2C1[Si](C)(C)N(C(C)C)C(C)(C)C. The van der Waals surface area contributed by atoms with Crippen LogP contribution in [0.25, 0.3) is 0 Å². The summed E-state index contributed by atoms with van der Waals surface area (Å²) in [4.78, 5) is 0. The number of hydrogen-bond donors (Lipinski definition) is 0. The van der Waals surface area contributed by atoms with Crippen LogP contribution in [0.1, 0.15) is 86.5 Å². The van der Waals surface area contributed by atoms with Gasteiger partial charge in [0.15, 0.2) is 0 Å². The number of hydrogen-bond acceptors (Lipinski definition) is 1. The van der Waals surface area contributed by atoms with Gasteiger partial charge in [0.1, 0.15) is 8.24 Å². The largest absolute Gasteiger partial charge is 0.317 e. The van der Waals surface area contributed by atoms with Crippen molar-refractivity contribution in [3.63, 3.8) is 0 Å².